The molecule has 1 fully saturated rings. The van der Waals surface area contributed by atoms with Gasteiger partial charge in [0.15, 0.2) is 5.78 Å². The molecule has 104 valence electrons. The summed E-state index contributed by atoms with van der Waals surface area (Å²) >= 11 is 0. The summed E-state index contributed by atoms with van der Waals surface area (Å²) in [7, 11) is 0. The van der Waals surface area contributed by atoms with Gasteiger partial charge in [0.25, 0.3) is 0 Å². The Bertz CT molecular complexity index is 440. The molecule has 0 saturated carbocycles. The summed E-state index contributed by atoms with van der Waals surface area (Å²) in [6, 6.07) is 5.22. The van der Waals surface area contributed by atoms with Crippen molar-refractivity contribution in [2.24, 2.45) is 0 Å². The highest BCUT2D eigenvalue weighted by Crippen LogP contribution is 2.22. The van der Waals surface area contributed by atoms with E-state index in [1.807, 2.05) is 0 Å². The number of hydrogen-bond acceptors (Lipinski definition) is 4. The Hall–Kier alpha value is -1.55. The lowest BCUT2D eigenvalue weighted by Crippen LogP contribution is -2.22. The van der Waals surface area contributed by atoms with Crippen molar-refractivity contribution >= 4 is 11.5 Å². The first-order chi connectivity index (χ1) is 9.16. The molecule has 0 aliphatic carbocycles. The maximum atomic E-state index is 11.5. The second kappa shape index (κ2) is 6.57. The predicted octanol–water partition coefficient (Wildman–Crippen LogP) is 2.34. The van der Waals surface area contributed by atoms with Gasteiger partial charge in [0.05, 0.1) is 12.2 Å². The number of Topliss-reactive ketones (excluding diaryl/α,β-unsaturated/α-hetero) is 1. The number of anilines is 1. The van der Waals surface area contributed by atoms with Crippen LogP contribution in [0.3, 0.4) is 0 Å². The fourth-order valence-electron chi connectivity index (χ4n) is 2.43. The molecule has 2 rings (SSSR count). The van der Waals surface area contributed by atoms with Crippen LogP contribution in [0.25, 0.3) is 0 Å². The van der Waals surface area contributed by atoms with Gasteiger partial charge in [0.2, 0.25) is 0 Å². The van der Waals surface area contributed by atoms with Crippen molar-refractivity contribution in [3.8, 4) is 5.75 Å². The van der Waals surface area contributed by atoms with Crippen LogP contribution in [0.5, 0.6) is 5.75 Å². The Kier molecular flexibility index (Phi) is 4.80. The summed E-state index contributed by atoms with van der Waals surface area (Å²) in [6.07, 6.45) is 3.61. The van der Waals surface area contributed by atoms with E-state index in [9.17, 15) is 4.79 Å². The zero-order valence-electron chi connectivity index (χ0n) is 11.5. The van der Waals surface area contributed by atoms with Crippen molar-refractivity contribution in [2.45, 2.75) is 26.2 Å². The normalized spacial score (nSPS) is 15.6. The van der Waals surface area contributed by atoms with Crippen molar-refractivity contribution in [1.29, 1.82) is 0 Å². The van der Waals surface area contributed by atoms with Crippen LogP contribution in [0, 0.1) is 0 Å². The minimum absolute atomic E-state index is 0.0122. The van der Waals surface area contributed by atoms with Crippen molar-refractivity contribution in [3.63, 3.8) is 0 Å². The smallest absolute Gasteiger partial charge is 0.163 e. The molecule has 0 unspecified atom stereocenters. The first-order valence-electron chi connectivity index (χ1n) is 6.92. The van der Waals surface area contributed by atoms with Gasteiger partial charge in [-0.1, -0.05) is 0 Å². The molecule has 0 spiro atoms. The summed E-state index contributed by atoms with van der Waals surface area (Å²) in [6.45, 7) is 5.66. The van der Waals surface area contributed by atoms with Gasteiger partial charge in [-0.05, 0) is 57.5 Å². The molecular formula is C15H22N2O2. The third kappa shape index (κ3) is 3.96. The lowest BCUT2D eigenvalue weighted by atomic mass is 10.1. The van der Waals surface area contributed by atoms with Gasteiger partial charge in [0.1, 0.15) is 5.75 Å². The molecule has 0 aromatic heterocycles. The van der Waals surface area contributed by atoms with Gasteiger partial charge in [-0.3, -0.25) is 4.79 Å². The average Bonchev–Trinajstić information content (AvgIpc) is 2.89. The van der Waals surface area contributed by atoms with Crippen LogP contribution in [-0.4, -0.2) is 36.9 Å². The highest BCUT2D eigenvalue weighted by molar-refractivity contribution is 5.97. The lowest BCUT2D eigenvalue weighted by Gasteiger charge is -2.15. The minimum atomic E-state index is -0.0122. The largest absolute Gasteiger partial charge is 0.493 e. The molecule has 19 heavy (non-hydrogen) atoms. The Morgan fingerprint density at radius 3 is 2.79 bits per heavy atom. The van der Waals surface area contributed by atoms with Gasteiger partial charge in [0, 0.05) is 12.2 Å². The van der Waals surface area contributed by atoms with Crippen LogP contribution < -0.4 is 10.5 Å². The Balaban J connectivity index is 1.83. The Morgan fingerprint density at radius 2 is 2.11 bits per heavy atom. The molecule has 2 N–H and O–H groups in total. The van der Waals surface area contributed by atoms with E-state index < -0.39 is 0 Å². The first-order valence-corrected chi connectivity index (χ1v) is 6.92. The van der Waals surface area contributed by atoms with E-state index in [1.54, 1.807) is 18.2 Å². The van der Waals surface area contributed by atoms with Gasteiger partial charge >= 0.3 is 0 Å². The van der Waals surface area contributed by atoms with Gasteiger partial charge < -0.3 is 15.4 Å². The molecule has 0 atom stereocenters. The van der Waals surface area contributed by atoms with Gasteiger partial charge in [-0.15, -0.1) is 0 Å². The first kappa shape index (κ1) is 13.9. The number of nitrogen functional groups attached to an aromatic ring is 1. The average molecular weight is 262 g/mol. The standard InChI is InChI=1S/C15H22N2O2/c1-12(18)14-11-13(16)5-6-15(14)19-10-4-9-17-7-2-3-8-17/h5-6,11H,2-4,7-10,16H2,1H3. The van der Waals surface area contributed by atoms with Crippen LogP contribution in [0.15, 0.2) is 18.2 Å². The molecule has 0 amide bonds. The lowest BCUT2D eigenvalue weighted by molar-refractivity contribution is 0.101. The maximum absolute atomic E-state index is 11.5. The number of benzene rings is 1. The topological polar surface area (TPSA) is 55.6 Å². The molecule has 1 saturated heterocycles. The number of likely N-dealkylation sites (tertiary alicyclic amines) is 1. The van der Waals surface area contributed by atoms with Crippen LogP contribution in [0.1, 0.15) is 36.5 Å². The number of nitrogens with two attached hydrogens (primary N) is 1. The van der Waals surface area contributed by atoms with E-state index in [0.29, 0.717) is 23.6 Å². The van der Waals surface area contributed by atoms with E-state index in [0.717, 1.165) is 13.0 Å². The zero-order chi connectivity index (χ0) is 13.7. The molecule has 1 heterocycles. The summed E-state index contributed by atoms with van der Waals surface area (Å²) in [5.41, 5.74) is 6.85. The molecule has 1 aromatic carbocycles. The number of nitrogens with zero attached hydrogens (tertiary/aromatic N) is 1. The number of hydrogen-bond donors (Lipinski definition) is 1. The number of ether oxygens (including phenoxy) is 1. The van der Waals surface area contributed by atoms with E-state index in [1.165, 1.54) is 32.9 Å². The van der Waals surface area contributed by atoms with Crippen molar-refractivity contribution in [3.05, 3.63) is 23.8 Å². The second-order valence-electron chi connectivity index (χ2n) is 5.06. The molecular weight excluding hydrogens is 240 g/mol. The summed E-state index contributed by atoms with van der Waals surface area (Å²) in [4.78, 5) is 14.0. The Labute approximate surface area is 114 Å². The Morgan fingerprint density at radius 1 is 1.37 bits per heavy atom. The van der Waals surface area contributed by atoms with Crippen LogP contribution in [0.2, 0.25) is 0 Å². The molecule has 4 nitrogen and oxygen atoms in total. The van der Waals surface area contributed by atoms with E-state index >= 15 is 0 Å². The monoisotopic (exact) mass is 262 g/mol. The molecule has 1 aliphatic heterocycles. The van der Waals surface area contributed by atoms with Crippen molar-refractivity contribution in [2.75, 3.05) is 32.0 Å². The number of carbonyl (C=O) groups excluding carboxylic acids is 1. The SMILES string of the molecule is CC(=O)c1cc(N)ccc1OCCCN1CCCC1. The second-order valence-corrected chi connectivity index (χ2v) is 5.06. The molecule has 0 bridgehead atoms. The number of carbonyl (C=O) groups is 1. The molecule has 1 aromatic rings. The molecule has 0 radical (unpaired) electrons. The van der Waals surface area contributed by atoms with Crippen molar-refractivity contribution < 1.29 is 9.53 Å². The maximum Gasteiger partial charge on any atom is 0.163 e. The van der Waals surface area contributed by atoms with Crippen LogP contribution >= 0.6 is 0 Å². The predicted molar refractivity (Wildman–Crippen MR) is 76.6 cm³/mol. The minimum Gasteiger partial charge on any atom is -0.493 e. The fourth-order valence-corrected chi connectivity index (χ4v) is 2.43. The molecule has 4 heteroatoms. The van der Waals surface area contributed by atoms with E-state index in [2.05, 4.69) is 4.90 Å². The van der Waals surface area contributed by atoms with Crippen molar-refractivity contribution in [1.82, 2.24) is 4.90 Å². The zero-order valence-corrected chi connectivity index (χ0v) is 11.5. The van der Waals surface area contributed by atoms with Crippen LogP contribution in [0.4, 0.5) is 5.69 Å². The summed E-state index contributed by atoms with van der Waals surface area (Å²) in [5.74, 6) is 0.630. The fraction of sp³-hybridized carbons (Fsp3) is 0.533. The number of rotatable bonds is 6. The van der Waals surface area contributed by atoms with E-state index in [-0.39, 0.29) is 5.78 Å². The highest BCUT2D eigenvalue weighted by Gasteiger charge is 2.11. The van der Waals surface area contributed by atoms with Crippen LogP contribution in [-0.2, 0) is 0 Å². The van der Waals surface area contributed by atoms with Gasteiger partial charge in [-0.25, -0.2) is 0 Å². The number of ketones is 1. The quantitative estimate of drug-likeness (QED) is 0.485. The third-order valence-corrected chi connectivity index (χ3v) is 3.46. The third-order valence-electron chi connectivity index (χ3n) is 3.46. The van der Waals surface area contributed by atoms with Gasteiger partial charge in [-0.2, -0.15) is 0 Å². The summed E-state index contributed by atoms with van der Waals surface area (Å²) < 4.78 is 5.71. The summed E-state index contributed by atoms with van der Waals surface area (Å²) in [5, 5.41) is 0. The molecule has 1 aliphatic rings. The highest BCUT2D eigenvalue weighted by atomic mass is 16.5. The van der Waals surface area contributed by atoms with E-state index in [4.69, 9.17) is 10.5 Å².